The van der Waals surface area contributed by atoms with Crippen LogP contribution in [0, 0.1) is 0 Å². The fraction of sp³-hybridized carbons (Fsp3) is 0.211. The molecule has 132 valence electrons. The van der Waals surface area contributed by atoms with Gasteiger partial charge in [-0.15, -0.1) is 0 Å². The molecule has 26 heavy (non-hydrogen) atoms. The molecule has 0 saturated heterocycles. The zero-order valence-corrected chi connectivity index (χ0v) is 14.6. The van der Waals surface area contributed by atoms with Gasteiger partial charge in [0.25, 0.3) is 5.91 Å². The Morgan fingerprint density at radius 2 is 1.88 bits per heavy atom. The van der Waals surface area contributed by atoms with Crippen molar-refractivity contribution >= 4 is 27.7 Å². The Bertz CT molecular complexity index is 1080. The predicted octanol–water partition coefficient (Wildman–Crippen LogP) is 3.11. The second-order valence-corrected chi connectivity index (χ2v) is 6.15. The number of carbonyl (C=O) groups is 1. The van der Waals surface area contributed by atoms with Crippen LogP contribution in [0.4, 0.5) is 0 Å². The van der Waals surface area contributed by atoms with Crippen molar-refractivity contribution in [2.45, 2.75) is 13.5 Å². The summed E-state index contributed by atoms with van der Waals surface area (Å²) in [5.41, 5.74) is 3.34. The van der Waals surface area contributed by atoms with Gasteiger partial charge in [0.15, 0.2) is 0 Å². The lowest BCUT2D eigenvalue weighted by molar-refractivity contribution is 0.0785. The van der Waals surface area contributed by atoms with Crippen molar-refractivity contribution in [2.24, 2.45) is 0 Å². The van der Waals surface area contributed by atoms with Crippen LogP contribution < -0.4 is 4.74 Å². The molecule has 2 heterocycles. The molecule has 0 fully saturated rings. The molecule has 4 aromatic rings. The van der Waals surface area contributed by atoms with Crippen LogP contribution in [0.25, 0.3) is 21.8 Å². The van der Waals surface area contributed by atoms with Crippen molar-refractivity contribution in [3.63, 3.8) is 0 Å². The van der Waals surface area contributed by atoms with E-state index in [0.29, 0.717) is 24.5 Å². The molecule has 4 rings (SSSR count). The summed E-state index contributed by atoms with van der Waals surface area (Å²) in [6, 6.07) is 9.55. The first-order valence-electron chi connectivity index (χ1n) is 8.43. The molecule has 0 aliphatic heterocycles. The van der Waals surface area contributed by atoms with E-state index >= 15 is 0 Å². The fourth-order valence-corrected chi connectivity index (χ4v) is 3.13. The maximum atomic E-state index is 13.0. The highest BCUT2D eigenvalue weighted by Gasteiger charge is 2.17. The molecule has 0 bridgehead atoms. The van der Waals surface area contributed by atoms with Gasteiger partial charge in [-0.25, -0.2) is 0 Å². The van der Waals surface area contributed by atoms with E-state index in [4.69, 9.17) is 4.74 Å². The van der Waals surface area contributed by atoms with Crippen molar-refractivity contribution in [3.8, 4) is 5.75 Å². The number of carbonyl (C=O) groups excluding carboxylic acids is 1. The van der Waals surface area contributed by atoms with Crippen LogP contribution in [-0.2, 0) is 6.54 Å². The van der Waals surface area contributed by atoms with Gasteiger partial charge in [0.2, 0.25) is 0 Å². The first-order chi connectivity index (χ1) is 12.7. The van der Waals surface area contributed by atoms with Gasteiger partial charge in [0.05, 0.1) is 24.5 Å². The number of nitrogens with zero attached hydrogens (tertiary/aromatic N) is 3. The number of amides is 1. The van der Waals surface area contributed by atoms with E-state index in [1.807, 2.05) is 31.2 Å². The number of aromatic amines is 2. The molecule has 2 aromatic heterocycles. The van der Waals surface area contributed by atoms with Crippen molar-refractivity contribution in [1.82, 2.24) is 25.3 Å². The molecule has 0 aliphatic carbocycles. The molecular formula is C19H19N5O2. The number of H-pyrrole nitrogens is 2. The summed E-state index contributed by atoms with van der Waals surface area (Å²) in [5, 5.41) is 15.9. The minimum absolute atomic E-state index is 0.0782. The van der Waals surface area contributed by atoms with Gasteiger partial charge in [0.1, 0.15) is 11.3 Å². The van der Waals surface area contributed by atoms with E-state index in [1.54, 1.807) is 30.4 Å². The summed E-state index contributed by atoms with van der Waals surface area (Å²) in [5.74, 6) is 0.556. The van der Waals surface area contributed by atoms with Crippen molar-refractivity contribution in [2.75, 3.05) is 13.7 Å². The number of aromatic nitrogens is 4. The van der Waals surface area contributed by atoms with Gasteiger partial charge < -0.3 is 9.64 Å². The van der Waals surface area contributed by atoms with Gasteiger partial charge in [0, 0.05) is 29.9 Å². The van der Waals surface area contributed by atoms with Crippen LogP contribution in [-0.4, -0.2) is 44.9 Å². The van der Waals surface area contributed by atoms with E-state index in [1.165, 1.54) is 0 Å². The Kier molecular flexibility index (Phi) is 4.04. The SMILES string of the molecule is CCOc1cc(C(=O)N(C)Cc2cccc3cn[nH]c23)cc2cn[nH]c12. The molecule has 2 aromatic carbocycles. The maximum Gasteiger partial charge on any atom is 0.254 e. The molecule has 0 saturated carbocycles. The Labute approximate surface area is 150 Å². The lowest BCUT2D eigenvalue weighted by atomic mass is 10.1. The average molecular weight is 349 g/mol. The molecular weight excluding hydrogens is 330 g/mol. The van der Waals surface area contributed by atoms with Gasteiger partial charge in [-0.2, -0.15) is 10.2 Å². The lowest BCUT2D eigenvalue weighted by Gasteiger charge is -2.18. The number of hydrogen-bond acceptors (Lipinski definition) is 4. The molecule has 0 atom stereocenters. The minimum atomic E-state index is -0.0782. The minimum Gasteiger partial charge on any atom is -0.492 e. The van der Waals surface area contributed by atoms with Crippen LogP contribution in [0.1, 0.15) is 22.8 Å². The third-order valence-corrected chi connectivity index (χ3v) is 4.38. The molecule has 7 nitrogen and oxygen atoms in total. The number of hydrogen-bond donors (Lipinski definition) is 2. The van der Waals surface area contributed by atoms with Crippen LogP contribution in [0.15, 0.2) is 42.7 Å². The predicted molar refractivity (Wildman–Crippen MR) is 99.2 cm³/mol. The van der Waals surface area contributed by atoms with Crippen molar-refractivity contribution < 1.29 is 9.53 Å². The Hall–Kier alpha value is -3.35. The quantitative estimate of drug-likeness (QED) is 0.579. The summed E-state index contributed by atoms with van der Waals surface area (Å²) >= 11 is 0. The van der Waals surface area contributed by atoms with E-state index in [-0.39, 0.29) is 5.91 Å². The van der Waals surface area contributed by atoms with Gasteiger partial charge in [-0.05, 0) is 24.6 Å². The van der Waals surface area contributed by atoms with Crippen molar-refractivity contribution in [1.29, 1.82) is 0 Å². The third-order valence-electron chi connectivity index (χ3n) is 4.38. The number of para-hydroxylation sites is 1. The zero-order chi connectivity index (χ0) is 18.1. The molecule has 0 radical (unpaired) electrons. The van der Waals surface area contributed by atoms with Gasteiger partial charge in [-0.1, -0.05) is 18.2 Å². The second-order valence-electron chi connectivity index (χ2n) is 6.15. The summed E-state index contributed by atoms with van der Waals surface area (Å²) < 4.78 is 5.66. The summed E-state index contributed by atoms with van der Waals surface area (Å²) in [6.07, 6.45) is 3.47. The van der Waals surface area contributed by atoms with Crippen LogP contribution in [0.5, 0.6) is 5.75 Å². The normalized spacial score (nSPS) is 11.2. The zero-order valence-electron chi connectivity index (χ0n) is 14.6. The molecule has 2 N–H and O–H groups in total. The molecule has 7 heteroatoms. The Morgan fingerprint density at radius 1 is 1.12 bits per heavy atom. The van der Waals surface area contributed by atoms with Crippen LogP contribution >= 0.6 is 0 Å². The maximum absolute atomic E-state index is 13.0. The van der Waals surface area contributed by atoms with E-state index in [9.17, 15) is 4.79 Å². The largest absolute Gasteiger partial charge is 0.492 e. The Morgan fingerprint density at radius 3 is 2.69 bits per heavy atom. The molecule has 0 aliphatic rings. The number of rotatable bonds is 5. The molecule has 0 spiro atoms. The highest BCUT2D eigenvalue weighted by molar-refractivity contribution is 5.99. The standard InChI is InChI=1S/C19H19N5O2/c1-3-26-16-8-14(7-15-10-21-23-18(15)16)19(25)24(2)11-13-6-4-5-12-9-20-22-17(12)13/h4-10H,3,11H2,1-2H3,(H,20,22)(H,21,23). The molecule has 1 amide bonds. The summed E-state index contributed by atoms with van der Waals surface area (Å²) in [4.78, 5) is 14.6. The average Bonchev–Trinajstić information content (AvgIpc) is 3.30. The molecule has 0 unspecified atom stereocenters. The summed E-state index contributed by atoms with van der Waals surface area (Å²) in [7, 11) is 1.79. The first kappa shape index (κ1) is 16.1. The highest BCUT2D eigenvalue weighted by atomic mass is 16.5. The van der Waals surface area contributed by atoms with E-state index < -0.39 is 0 Å². The number of benzene rings is 2. The lowest BCUT2D eigenvalue weighted by Crippen LogP contribution is -2.26. The van der Waals surface area contributed by atoms with Crippen LogP contribution in [0.3, 0.4) is 0 Å². The third kappa shape index (κ3) is 2.77. The number of fused-ring (bicyclic) bond motifs is 2. The van der Waals surface area contributed by atoms with Gasteiger partial charge in [-0.3, -0.25) is 15.0 Å². The van der Waals surface area contributed by atoms with Gasteiger partial charge >= 0.3 is 0 Å². The Balaban J connectivity index is 1.64. The number of nitrogens with one attached hydrogen (secondary N) is 2. The fourth-order valence-electron chi connectivity index (χ4n) is 3.13. The summed E-state index contributed by atoms with van der Waals surface area (Å²) in [6.45, 7) is 2.91. The second kappa shape index (κ2) is 6.51. The highest BCUT2D eigenvalue weighted by Crippen LogP contribution is 2.27. The van der Waals surface area contributed by atoms with E-state index in [2.05, 4.69) is 20.4 Å². The smallest absolute Gasteiger partial charge is 0.254 e. The van der Waals surface area contributed by atoms with Crippen molar-refractivity contribution in [3.05, 3.63) is 53.9 Å². The van der Waals surface area contributed by atoms with E-state index in [0.717, 1.165) is 27.4 Å². The topological polar surface area (TPSA) is 86.9 Å². The number of ether oxygens (including phenoxy) is 1. The monoisotopic (exact) mass is 349 g/mol. The van der Waals surface area contributed by atoms with Crippen LogP contribution in [0.2, 0.25) is 0 Å². The first-order valence-corrected chi connectivity index (χ1v) is 8.43.